The Bertz CT molecular complexity index is 1300. The molecule has 8 nitrogen and oxygen atoms in total. The molecule has 0 spiro atoms. The van der Waals surface area contributed by atoms with Crippen LogP contribution in [-0.4, -0.2) is 21.9 Å². The van der Waals surface area contributed by atoms with E-state index < -0.39 is 0 Å². The Morgan fingerprint density at radius 1 is 1.00 bits per heavy atom. The third kappa shape index (κ3) is 5.92. The molecule has 0 aliphatic carbocycles. The highest BCUT2D eigenvalue weighted by Gasteiger charge is 2.12. The number of nitrogens with one attached hydrogen (secondary N) is 3. The van der Waals surface area contributed by atoms with Crippen molar-refractivity contribution in [2.45, 2.75) is 13.5 Å². The van der Waals surface area contributed by atoms with Gasteiger partial charge in [0.2, 0.25) is 5.91 Å². The van der Waals surface area contributed by atoms with Gasteiger partial charge >= 0.3 is 6.01 Å². The summed E-state index contributed by atoms with van der Waals surface area (Å²) in [5.41, 5.74) is 3.10. The molecule has 1 aromatic heterocycles. The molecular formula is C24H20N4O4S. The van der Waals surface area contributed by atoms with Crippen LogP contribution in [0, 0.1) is 0 Å². The van der Waals surface area contributed by atoms with Gasteiger partial charge in [-0.2, -0.15) is 4.98 Å². The number of carbonyl (C=O) groups is 2. The number of hydrogen-bond acceptors (Lipinski definition) is 6. The predicted octanol–water partition coefficient (Wildman–Crippen LogP) is 4.49. The largest absolute Gasteiger partial charge is 0.489 e. The number of nitrogens with zero attached hydrogens (tertiary/aromatic N) is 1. The highest BCUT2D eigenvalue weighted by molar-refractivity contribution is 7.80. The minimum absolute atomic E-state index is 0.0399. The van der Waals surface area contributed by atoms with Gasteiger partial charge in [0.25, 0.3) is 5.91 Å². The third-order valence-electron chi connectivity index (χ3n) is 4.52. The Balaban J connectivity index is 1.32. The first-order valence-corrected chi connectivity index (χ1v) is 10.4. The van der Waals surface area contributed by atoms with E-state index in [9.17, 15) is 9.59 Å². The Labute approximate surface area is 195 Å². The number of aromatic nitrogens is 1. The molecule has 0 saturated heterocycles. The first kappa shape index (κ1) is 22.0. The van der Waals surface area contributed by atoms with Crippen molar-refractivity contribution in [3.8, 4) is 5.75 Å². The molecule has 0 bridgehead atoms. The lowest BCUT2D eigenvalue weighted by molar-refractivity contribution is -0.114. The molecule has 3 aromatic carbocycles. The van der Waals surface area contributed by atoms with Crippen molar-refractivity contribution in [1.29, 1.82) is 0 Å². The molecule has 2 amide bonds. The topological polar surface area (TPSA) is 105 Å². The fraction of sp³-hybridized carbons (Fsp3) is 0.0833. The molecule has 3 N–H and O–H groups in total. The molecule has 166 valence electrons. The number of benzene rings is 3. The number of carbonyl (C=O) groups excluding carboxylic acids is 2. The summed E-state index contributed by atoms with van der Waals surface area (Å²) in [6.07, 6.45) is 0. The molecule has 0 unspecified atom stereocenters. The molecular weight excluding hydrogens is 440 g/mol. The maximum absolute atomic E-state index is 12.5. The number of anilines is 2. The van der Waals surface area contributed by atoms with Crippen molar-refractivity contribution < 1.29 is 18.7 Å². The van der Waals surface area contributed by atoms with Gasteiger partial charge in [-0.05, 0) is 54.2 Å². The standard InChI is InChI=1S/C24H20N4O4S/c1-15(29)25-18-9-12-20-21(13-18)32-23(26-20)28-24(33)27-22(30)17-7-10-19(11-8-17)31-14-16-5-3-2-4-6-16/h2-13H,14H2,1H3,(H,25,29)(H2,26,27,28,30,33). The van der Waals surface area contributed by atoms with E-state index in [1.807, 2.05) is 30.3 Å². The van der Waals surface area contributed by atoms with E-state index in [4.69, 9.17) is 21.4 Å². The van der Waals surface area contributed by atoms with Gasteiger partial charge < -0.3 is 14.5 Å². The summed E-state index contributed by atoms with van der Waals surface area (Å²) in [5, 5.41) is 8.05. The van der Waals surface area contributed by atoms with Crippen molar-refractivity contribution in [3.05, 3.63) is 83.9 Å². The van der Waals surface area contributed by atoms with E-state index in [-0.39, 0.29) is 22.9 Å². The maximum atomic E-state index is 12.5. The summed E-state index contributed by atoms with van der Waals surface area (Å²) in [4.78, 5) is 27.9. The second-order valence-electron chi connectivity index (χ2n) is 7.09. The molecule has 0 atom stereocenters. The number of amides is 2. The van der Waals surface area contributed by atoms with Crippen LogP contribution in [0.3, 0.4) is 0 Å². The number of fused-ring (bicyclic) bond motifs is 1. The lowest BCUT2D eigenvalue weighted by Gasteiger charge is -2.09. The van der Waals surface area contributed by atoms with Gasteiger partial charge in [0.05, 0.1) is 0 Å². The van der Waals surface area contributed by atoms with Gasteiger partial charge in [-0.25, -0.2) is 0 Å². The summed E-state index contributed by atoms with van der Waals surface area (Å²) in [6.45, 7) is 1.86. The van der Waals surface area contributed by atoms with Crippen LogP contribution in [0.15, 0.2) is 77.2 Å². The minimum Gasteiger partial charge on any atom is -0.489 e. The average Bonchev–Trinajstić information content (AvgIpc) is 3.19. The zero-order valence-electron chi connectivity index (χ0n) is 17.6. The van der Waals surface area contributed by atoms with Crippen LogP contribution in [0.2, 0.25) is 0 Å². The summed E-state index contributed by atoms with van der Waals surface area (Å²) in [5.74, 6) is 0.0827. The van der Waals surface area contributed by atoms with Crippen molar-refractivity contribution >= 4 is 51.9 Å². The quantitative estimate of drug-likeness (QED) is 0.364. The van der Waals surface area contributed by atoms with Crippen molar-refractivity contribution in [1.82, 2.24) is 10.3 Å². The van der Waals surface area contributed by atoms with Crippen molar-refractivity contribution in [3.63, 3.8) is 0 Å². The zero-order chi connectivity index (χ0) is 23.2. The molecule has 0 aliphatic heterocycles. The SMILES string of the molecule is CC(=O)Nc1ccc2nc(NC(=S)NC(=O)c3ccc(OCc4ccccc4)cc3)oc2c1. The molecule has 0 aliphatic rings. The zero-order valence-corrected chi connectivity index (χ0v) is 18.4. The fourth-order valence-corrected chi connectivity index (χ4v) is 3.19. The van der Waals surface area contributed by atoms with Crippen LogP contribution in [0.25, 0.3) is 11.1 Å². The van der Waals surface area contributed by atoms with Crippen molar-refractivity contribution in [2.24, 2.45) is 0 Å². The number of hydrogen-bond donors (Lipinski definition) is 3. The fourth-order valence-electron chi connectivity index (χ4n) is 3.01. The lowest BCUT2D eigenvalue weighted by atomic mass is 10.2. The summed E-state index contributed by atoms with van der Waals surface area (Å²) in [7, 11) is 0. The van der Waals surface area contributed by atoms with Crippen LogP contribution < -0.4 is 20.7 Å². The Kier molecular flexibility index (Phi) is 6.61. The van der Waals surface area contributed by atoms with Gasteiger partial charge in [-0.15, -0.1) is 0 Å². The molecule has 4 rings (SSSR count). The second kappa shape index (κ2) is 9.92. The summed E-state index contributed by atoms with van der Waals surface area (Å²) in [6, 6.07) is 21.8. The molecule has 0 radical (unpaired) electrons. The number of thiocarbonyl (C=S) groups is 1. The normalized spacial score (nSPS) is 10.5. The van der Waals surface area contributed by atoms with Crippen LogP contribution in [0.4, 0.5) is 11.7 Å². The van der Waals surface area contributed by atoms with E-state index in [2.05, 4.69) is 20.9 Å². The van der Waals surface area contributed by atoms with Crippen LogP contribution in [0.1, 0.15) is 22.8 Å². The smallest absolute Gasteiger partial charge is 0.302 e. The van der Waals surface area contributed by atoms with E-state index >= 15 is 0 Å². The molecule has 4 aromatic rings. The highest BCUT2D eigenvalue weighted by Crippen LogP contribution is 2.22. The minimum atomic E-state index is -0.383. The second-order valence-corrected chi connectivity index (χ2v) is 7.50. The maximum Gasteiger partial charge on any atom is 0.302 e. The average molecular weight is 461 g/mol. The van der Waals surface area contributed by atoms with Gasteiger partial charge in [-0.1, -0.05) is 30.3 Å². The first-order chi connectivity index (χ1) is 16.0. The van der Waals surface area contributed by atoms with Gasteiger partial charge in [0, 0.05) is 24.2 Å². The van der Waals surface area contributed by atoms with Crippen LogP contribution in [0.5, 0.6) is 5.75 Å². The van der Waals surface area contributed by atoms with Crippen LogP contribution in [-0.2, 0) is 11.4 Å². The van der Waals surface area contributed by atoms with Gasteiger partial charge in [0.15, 0.2) is 10.7 Å². The van der Waals surface area contributed by atoms with E-state index in [1.165, 1.54) is 6.92 Å². The van der Waals surface area contributed by atoms with Crippen molar-refractivity contribution in [2.75, 3.05) is 10.6 Å². The number of oxazole rings is 1. The summed E-state index contributed by atoms with van der Waals surface area (Å²) >= 11 is 5.20. The Morgan fingerprint density at radius 2 is 1.76 bits per heavy atom. The van der Waals surface area contributed by atoms with Crippen LogP contribution >= 0.6 is 12.2 Å². The predicted molar refractivity (Wildman–Crippen MR) is 129 cm³/mol. The van der Waals surface area contributed by atoms with E-state index in [0.29, 0.717) is 34.7 Å². The highest BCUT2D eigenvalue weighted by atomic mass is 32.1. The monoisotopic (exact) mass is 460 g/mol. The number of rotatable bonds is 6. The number of ether oxygens (including phenoxy) is 1. The first-order valence-electron chi connectivity index (χ1n) is 10.0. The molecule has 0 fully saturated rings. The Hall–Kier alpha value is -4.24. The van der Waals surface area contributed by atoms with Gasteiger partial charge in [-0.3, -0.25) is 20.2 Å². The molecule has 1 heterocycles. The van der Waals surface area contributed by atoms with Gasteiger partial charge in [0.1, 0.15) is 17.9 Å². The van der Waals surface area contributed by atoms with E-state index in [0.717, 1.165) is 5.56 Å². The lowest BCUT2D eigenvalue weighted by Crippen LogP contribution is -2.34. The molecule has 0 saturated carbocycles. The summed E-state index contributed by atoms with van der Waals surface area (Å²) < 4.78 is 11.3. The third-order valence-corrected chi connectivity index (χ3v) is 4.73. The van der Waals surface area contributed by atoms with E-state index in [1.54, 1.807) is 42.5 Å². The molecule has 33 heavy (non-hydrogen) atoms. The molecule has 9 heteroatoms. The Morgan fingerprint density at radius 3 is 2.48 bits per heavy atom.